The van der Waals surface area contributed by atoms with Crippen LogP contribution in [-0.2, 0) is 13.7 Å². The Morgan fingerprint density at radius 1 is 1.25 bits per heavy atom. The van der Waals surface area contributed by atoms with E-state index in [-0.39, 0.29) is 6.79 Å². The standard InChI is InChI=1S/C14H17N3O3/c1-9(2)14-16-15-13(17(14)3)7-18-10-4-5-11-12(6-10)20-8-19-11/h4-6,9H,7-8H2,1-3H3. The molecule has 106 valence electrons. The molecule has 2 aromatic rings. The maximum atomic E-state index is 5.73. The fourth-order valence-electron chi connectivity index (χ4n) is 2.12. The fraction of sp³-hybridized carbons (Fsp3) is 0.429. The Morgan fingerprint density at radius 2 is 2.05 bits per heavy atom. The highest BCUT2D eigenvalue weighted by molar-refractivity contribution is 5.46. The summed E-state index contributed by atoms with van der Waals surface area (Å²) in [4.78, 5) is 0. The van der Waals surface area contributed by atoms with Crippen molar-refractivity contribution in [3.05, 3.63) is 29.8 Å². The van der Waals surface area contributed by atoms with Crippen molar-refractivity contribution in [1.29, 1.82) is 0 Å². The lowest BCUT2D eigenvalue weighted by molar-refractivity contribution is 0.173. The second-order valence-electron chi connectivity index (χ2n) is 4.99. The SMILES string of the molecule is CC(C)c1nnc(COc2ccc3c(c2)OCO3)n1C. The van der Waals surface area contributed by atoms with Crippen molar-refractivity contribution in [2.24, 2.45) is 7.05 Å². The molecule has 6 nitrogen and oxygen atoms in total. The number of benzene rings is 1. The Morgan fingerprint density at radius 3 is 2.80 bits per heavy atom. The molecule has 0 saturated heterocycles. The van der Waals surface area contributed by atoms with Gasteiger partial charge in [-0.1, -0.05) is 13.8 Å². The summed E-state index contributed by atoms with van der Waals surface area (Å²) in [7, 11) is 1.95. The molecule has 0 spiro atoms. The van der Waals surface area contributed by atoms with Gasteiger partial charge in [0.2, 0.25) is 6.79 Å². The fourth-order valence-corrected chi connectivity index (χ4v) is 2.12. The third-order valence-electron chi connectivity index (χ3n) is 3.23. The minimum absolute atomic E-state index is 0.264. The molecule has 0 saturated carbocycles. The molecule has 1 aliphatic heterocycles. The molecule has 0 bridgehead atoms. The van der Waals surface area contributed by atoms with Crippen LogP contribution in [0.3, 0.4) is 0 Å². The van der Waals surface area contributed by atoms with Gasteiger partial charge in [0.25, 0.3) is 0 Å². The summed E-state index contributed by atoms with van der Waals surface area (Å²) >= 11 is 0. The van der Waals surface area contributed by atoms with Crippen LogP contribution < -0.4 is 14.2 Å². The van der Waals surface area contributed by atoms with E-state index in [1.807, 2.05) is 29.8 Å². The highest BCUT2D eigenvalue weighted by atomic mass is 16.7. The van der Waals surface area contributed by atoms with Crippen molar-refractivity contribution < 1.29 is 14.2 Å². The summed E-state index contributed by atoms with van der Waals surface area (Å²) in [5, 5.41) is 8.33. The molecular formula is C14H17N3O3. The molecule has 0 fully saturated rings. The Labute approximate surface area is 117 Å². The van der Waals surface area contributed by atoms with E-state index in [1.165, 1.54) is 0 Å². The van der Waals surface area contributed by atoms with E-state index in [0.717, 1.165) is 23.1 Å². The van der Waals surface area contributed by atoms with Gasteiger partial charge in [0.05, 0.1) is 0 Å². The molecule has 0 amide bonds. The predicted molar refractivity (Wildman–Crippen MR) is 72.0 cm³/mol. The smallest absolute Gasteiger partial charge is 0.231 e. The first-order chi connectivity index (χ1) is 9.65. The Kier molecular flexibility index (Phi) is 3.22. The number of rotatable bonds is 4. The lowest BCUT2D eigenvalue weighted by Crippen LogP contribution is -2.06. The first-order valence-corrected chi connectivity index (χ1v) is 6.56. The second-order valence-corrected chi connectivity index (χ2v) is 4.99. The van der Waals surface area contributed by atoms with Gasteiger partial charge < -0.3 is 18.8 Å². The van der Waals surface area contributed by atoms with Crippen LogP contribution in [0.4, 0.5) is 0 Å². The van der Waals surface area contributed by atoms with Crippen LogP contribution in [0, 0.1) is 0 Å². The zero-order chi connectivity index (χ0) is 14.1. The van der Waals surface area contributed by atoms with E-state index in [9.17, 15) is 0 Å². The molecule has 2 heterocycles. The van der Waals surface area contributed by atoms with Crippen LogP contribution in [0.1, 0.15) is 31.4 Å². The molecule has 1 aromatic heterocycles. The van der Waals surface area contributed by atoms with Crippen LogP contribution in [0.5, 0.6) is 17.2 Å². The van der Waals surface area contributed by atoms with Crippen LogP contribution >= 0.6 is 0 Å². The van der Waals surface area contributed by atoms with Crippen LogP contribution in [0.15, 0.2) is 18.2 Å². The quantitative estimate of drug-likeness (QED) is 0.856. The molecule has 6 heteroatoms. The van der Waals surface area contributed by atoms with Gasteiger partial charge in [0.15, 0.2) is 17.3 Å². The predicted octanol–water partition coefficient (Wildman–Crippen LogP) is 2.25. The summed E-state index contributed by atoms with van der Waals surface area (Å²) in [5.41, 5.74) is 0. The summed E-state index contributed by atoms with van der Waals surface area (Å²) < 4.78 is 18.3. The average Bonchev–Trinajstić information content (AvgIpc) is 3.02. The van der Waals surface area contributed by atoms with E-state index in [1.54, 1.807) is 0 Å². The number of aromatic nitrogens is 3. The largest absolute Gasteiger partial charge is 0.485 e. The van der Waals surface area contributed by atoms with Gasteiger partial charge in [0.1, 0.15) is 18.2 Å². The Hall–Kier alpha value is -2.24. The minimum atomic E-state index is 0.264. The van der Waals surface area contributed by atoms with E-state index in [4.69, 9.17) is 14.2 Å². The zero-order valence-electron chi connectivity index (χ0n) is 11.8. The molecule has 20 heavy (non-hydrogen) atoms. The van der Waals surface area contributed by atoms with Gasteiger partial charge in [-0.25, -0.2) is 0 Å². The lowest BCUT2D eigenvalue weighted by Gasteiger charge is -2.08. The highest BCUT2D eigenvalue weighted by Crippen LogP contribution is 2.35. The van der Waals surface area contributed by atoms with Crippen LogP contribution in [-0.4, -0.2) is 21.6 Å². The molecule has 1 aliphatic rings. The maximum absolute atomic E-state index is 5.73. The van der Waals surface area contributed by atoms with Gasteiger partial charge >= 0.3 is 0 Å². The Balaban J connectivity index is 1.70. The van der Waals surface area contributed by atoms with Crippen LogP contribution in [0.2, 0.25) is 0 Å². The molecule has 0 radical (unpaired) electrons. The van der Waals surface area contributed by atoms with E-state index in [0.29, 0.717) is 18.3 Å². The van der Waals surface area contributed by atoms with Gasteiger partial charge in [0, 0.05) is 19.0 Å². The van der Waals surface area contributed by atoms with Crippen molar-refractivity contribution >= 4 is 0 Å². The maximum Gasteiger partial charge on any atom is 0.231 e. The van der Waals surface area contributed by atoms with Gasteiger partial charge in [-0.3, -0.25) is 0 Å². The molecular weight excluding hydrogens is 258 g/mol. The van der Waals surface area contributed by atoms with E-state index < -0.39 is 0 Å². The molecule has 1 aromatic carbocycles. The van der Waals surface area contributed by atoms with E-state index in [2.05, 4.69) is 24.0 Å². The van der Waals surface area contributed by atoms with Crippen molar-refractivity contribution in [1.82, 2.24) is 14.8 Å². The molecule has 3 rings (SSSR count). The summed E-state index contributed by atoms with van der Waals surface area (Å²) in [5.74, 6) is 4.28. The molecule has 0 unspecified atom stereocenters. The number of hydrogen-bond acceptors (Lipinski definition) is 5. The normalized spacial score (nSPS) is 13.0. The zero-order valence-corrected chi connectivity index (χ0v) is 11.8. The minimum Gasteiger partial charge on any atom is -0.485 e. The highest BCUT2D eigenvalue weighted by Gasteiger charge is 2.15. The second kappa shape index (κ2) is 5.03. The van der Waals surface area contributed by atoms with Gasteiger partial charge in [-0.05, 0) is 12.1 Å². The molecule has 0 N–H and O–H groups in total. The van der Waals surface area contributed by atoms with Gasteiger partial charge in [-0.15, -0.1) is 10.2 Å². The third kappa shape index (κ3) is 2.29. The Bertz CT molecular complexity index is 622. The van der Waals surface area contributed by atoms with E-state index >= 15 is 0 Å². The first-order valence-electron chi connectivity index (χ1n) is 6.56. The van der Waals surface area contributed by atoms with Crippen molar-refractivity contribution in [2.75, 3.05) is 6.79 Å². The summed E-state index contributed by atoms with van der Waals surface area (Å²) in [6.07, 6.45) is 0. The molecule has 0 aliphatic carbocycles. The topological polar surface area (TPSA) is 58.4 Å². The van der Waals surface area contributed by atoms with Crippen molar-refractivity contribution in [2.45, 2.75) is 26.4 Å². The third-order valence-corrected chi connectivity index (χ3v) is 3.23. The number of ether oxygens (including phenoxy) is 3. The monoisotopic (exact) mass is 275 g/mol. The number of hydrogen-bond donors (Lipinski definition) is 0. The molecule has 0 atom stereocenters. The summed E-state index contributed by atoms with van der Waals surface area (Å²) in [6, 6.07) is 5.52. The lowest BCUT2D eigenvalue weighted by atomic mass is 10.2. The first kappa shape index (κ1) is 12.8. The average molecular weight is 275 g/mol. The number of fused-ring (bicyclic) bond motifs is 1. The number of nitrogens with zero attached hydrogens (tertiary/aromatic N) is 3. The van der Waals surface area contributed by atoms with Crippen molar-refractivity contribution in [3.63, 3.8) is 0 Å². The van der Waals surface area contributed by atoms with Crippen molar-refractivity contribution in [3.8, 4) is 17.2 Å². The summed E-state index contributed by atoms with van der Waals surface area (Å²) in [6.45, 7) is 4.81. The van der Waals surface area contributed by atoms with Gasteiger partial charge in [-0.2, -0.15) is 0 Å². The van der Waals surface area contributed by atoms with Crippen LogP contribution in [0.25, 0.3) is 0 Å².